The molecule has 0 aromatic heterocycles. The van der Waals surface area contributed by atoms with Gasteiger partial charge in [-0.1, -0.05) is 40.2 Å². The number of carboxylic acids is 2. The van der Waals surface area contributed by atoms with Crippen molar-refractivity contribution in [2.75, 3.05) is 6.54 Å². The number of hydrogen-bond acceptors (Lipinski definition) is 3. The molecule has 31 heavy (non-hydrogen) atoms. The Hall–Kier alpha value is -1.78. The van der Waals surface area contributed by atoms with Crippen molar-refractivity contribution < 1.29 is 19.8 Å². The molecule has 2 N–H and O–H groups in total. The highest BCUT2D eigenvalue weighted by Gasteiger charge is 2.61. The Balaban J connectivity index is 1.69. The lowest BCUT2D eigenvalue weighted by molar-refractivity contribution is -0.148. The van der Waals surface area contributed by atoms with E-state index in [1.165, 1.54) is 44.1 Å². The zero-order valence-corrected chi connectivity index (χ0v) is 19.6. The third-order valence-corrected chi connectivity index (χ3v) is 9.62. The minimum Gasteiger partial charge on any atom is -0.481 e. The van der Waals surface area contributed by atoms with E-state index in [0.717, 1.165) is 18.0 Å². The van der Waals surface area contributed by atoms with Crippen LogP contribution in [0.25, 0.3) is 0 Å². The van der Waals surface area contributed by atoms with Gasteiger partial charge in [-0.25, -0.2) is 0 Å². The number of rotatable bonds is 5. The van der Waals surface area contributed by atoms with Gasteiger partial charge >= 0.3 is 11.9 Å². The van der Waals surface area contributed by atoms with Gasteiger partial charge in [0.1, 0.15) is 6.54 Å². The van der Waals surface area contributed by atoms with Gasteiger partial charge in [0.25, 0.3) is 0 Å². The summed E-state index contributed by atoms with van der Waals surface area (Å²) in [5, 5.41) is 18.6. The molecule has 3 fully saturated rings. The fraction of sp³-hybridized carbons (Fsp3) is 0.769. The van der Waals surface area contributed by atoms with Crippen molar-refractivity contribution in [3.05, 3.63) is 23.5 Å². The van der Waals surface area contributed by atoms with Crippen LogP contribution in [0.2, 0.25) is 0 Å². The van der Waals surface area contributed by atoms with Gasteiger partial charge in [-0.15, -0.1) is 0 Å². The van der Waals surface area contributed by atoms with Gasteiger partial charge in [0, 0.05) is 17.8 Å². The highest BCUT2D eigenvalue weighted by atomic mass is 16.4. The van der Waals surface area contributed by atoms with Crippen molar-refractivity contribution in [2.45, 2.75) is 85.5 Å². The summed E-state index contributed by atoms with van der Waals surface area (Å²) < 4.78 is 0. The summed E-state index contributed by atoms with van der Waals surface area (Å²) in [6.07, 6.45) is 13.3. The minimum absolute atomic E-state index is 0.0337. The van der Waals surface area contributed by atoms with Crippen LogP contribution in [0.15, 0.2) is 23.5 Å². The molecule has 1 unspecified atom stereocenters. The van der Waals surface area contributed by atoms with E-state index in [9.17, 15) is 19.8 Å². The summed E-state index contributed by atoms with van der Waals surface area (Å²) in [6, 6.07) is 0. The van der Waals surface area contributed by atoms with Crippen molar-refractivity contribution in [2.24, 2.45) is 34.0 Å². The first kappa shape index (κ1) is 22.4. The highest BCUT2D eigenvalue weighted by Crippen LogP contribution is 2.69. The molecule has 1 aliphatic heterocycles. The van der Waals surface area contributed by atoms with Crippen molar-refractivity contribution in [3.8, 4) is 0 Å². The molecule has 1 heterocycles. The molecule has 172 valence electrons. The summed E-state index contributed by atoms with van der Waals surface area (Å²) >= 11 is 0. The molecule has 0 saturated heterocycles. The SMILES string of the molecule is CC1(C)CCC[C@]2(C)[C@H]3CCC4=CN(CC(=O)O)C(CCC(=O)O)=CC4[C@]3(C)CC[C@@H]12. The van der Waals surface area contributed by atoms with Crippen LogP contribution in [0.1, 0.15) is 85.5 Å². The van der Waals surface area contributed by atoms with Crippen LogP contribution in [-0.2, 0) is 9.59 Å². The summed E-state index contributed by atoms with van der Waals surface area (Å²) in [5.41, 5.74) is 3.13. The van der Waals surface area contributed by atoms with Crippen LogP contribution in [0.5, 0.6) is 0 Å². The molecular weight excluding hydrogens is 390 g/mol. The van der Waals surface area contributed by atoms with Gasteiger partial charge in [0.15, 0.2) is 0 Å². The number of aliphatic carboxylic acids is 2. The molecule has 5 heteroatoms. The lowest BCUT2D eigenvalue weighted by Crippen LogP contribution is -2.58. The monoisotopic (exact) mass is 429 g/mol. The molecule has 5 atom stereocenters. The van der Waals surface area contributed by atoms with Crippen molar-refractivity contribution >= 4 is 11.9 Å². The third-order valence-electron chi connectivity index (χ3n) is 9.62. The summed E-state index contributed by atoms with van der Waals surface area (Å²) in [4.78, 5) is 24.5. The average Bonchev–Trinajstić information content (AvgIpc) is 2.65. The average molecular weight is 430 g/mol. The van der Waals surface area contributed by atoms with Gasteiger partial charge in [0.05, 0.1) is 6.42 Å². The maximum Gasteiger partial charge on any atom is 0.323 e. The number of fused-ring (bicyclic) bond motifs is 5. The van der Waals surface area contributed by atoms with E-state index >= 15 is 0 Å². The van der Waals surface area contributed by atoms with Gasteiger partial charge in [-0.2, -0.15) is 0 Å². The third kappa shape index (κ3) is 3.72. The maximum absolute atomic E-state index is 11.4. The van der Waals surface area contributed by atoms with Gasteiger partial charge in [-0.05, 0) is 78.6 Å². The van der Waals surface area contributed by atoms with E-state index in [4.69, 9.17) is 0 Å². The summed E-state index contributed by atoms with van der Waals surface area (Å²) in [7, 11) is 0. The second-order valence-corrected chi connectivity index (χ2v) is 11.8. The zero-order valence-electron chi connectivity index (χ0n) is 19.6. The van der Waals surface area contributed by atoms with Gasteiger partial charge < -0.3 is 15.1 Å². The Kier molecular flexibility index (Phi) is 5.54. The van der Waals surface area contributed by atoms with Crippen LogP contribution in [0.3, 0.4) is 0 Å². The molecular formula is C26H39NO4. The van der Waals surface area contributed by atoms with E-state index < -0.39 is 11.9 Å². The molecule has 0 radical (unpaired) electrons. The predicted molar refractivity (Wildman–Crippen MR) is 120 cm³/mol. The van der Waals surface area contributed by atoms with E-state index in [2.05, 4.69) is 40.0 Å². The Morgan fingerprint density at radius 2 is 1.74 bits per heavy atom. The zero-order chi connectivity index (χ0) is 22.6. The van der Waals surface area contributed by atoms with Crippen LogP contribution in [-0.4, -0.2) is 33.6 Å². The summed E-state index contributed by atoms with van der Waals surface area (Å²) in [5.74, 6) is -0.00342. The lowest BCUT2D eigenvalue weighted by Gasteiger charge is -2.66. The number of carboxylic acid groups (broad SMARTS) is 2. The molecule has 5 nitrogen and oxygen atoms in total. The Morgan fingerprint density at radius 3 is 2.42 bits per heavy atom. The maximum atomic E-state index is 11.4. The van der Waals surface area contributed by atoms with Crippen LogP contribution in [0, 0.1) is 34.0 Å². The molecule has 3 saturated carbocycles. The highest BCUT2D eigenvalue weighted by molar-refractivity contribution is 5.70. The molecule has 4 aliphatic rings. The standard InChI is InChI=1S/C26H39NO4/c1-24(2)11-5-12-26(4)20(24)10-13-25(3)19-14-18(7-9-22(28)29)27(16-23(30)31)15-17(19)6-8-21(25)26/h14-15,19-21H,5-13,16H2,1-4H3,(H,28,29)(H,30,31)/t19?,20-,21-,25-,26-/m0/s1. The number of nitrogens with zero attached hydrogens (tertiary/aromatic N) is 1. The number of hydrogen-bond donors (Lipinski definition) is 2. The Labute approximate surface area is 186 Å². The number of carbonyl (C=O) groups is 2. The molecule has 0 aromatic carbocycles. The van der Waals surface area contributed by atoms with Gasteiger partial charge in [-0.3, -0.25) is 9.59 Å². The molecule has 0 spiro atoms. The van der Waals surface area contributed by atoms with Crippen molar-refractivity contribution in [1.29, 1.82) is 0 Å². The smallest absolute Gasteiger partial charge is 0.323 e. The van der Waals surface area contributed by atoms with Crippen LogP contribution < -0.4 is 0 Å². The largest absolute Gasteiger partial charge is 0.481 e. The van der Waals surface area contributed by atoms with E-state index in [-0.39, 0.29) is 18.4 Å². The molecule has 0 amide bonds. The molecule has 0 aromatic rings. The fourth-order valence-electron chi connectivity index (χ4n) is 8.38. The van der Waals surface area contributed by atoms with Crippen molar-refractivity contribution in [1.82, 2.24) is 4.90 Å². The van der Waals surface area contributed by atoms with E-state index in [0.29, 0.717) is 29.1 Å². The second kappa shape index (κ2) is 7.67. The predicted octanol–water partition coefficient (Wildman–Crippen LogP) is 5.68. The first-order valence-corrected chi connectivity index (χ1v) is 12.1. The normalized spacial score (nSPS) is 38.8. The van der Waals surface area contributed by atoms with Crippen molar-refractivity contribution in [3.63, 3.8) is 0 Å². The molecule has 3 aliphatic carbocycles. The first-order chi connectivity index (χ1) is 14.5. The van der Waals surface area contributed by atoms with Crippen LogP contribution in [0.4, 0.5) is 0 Å². The Morgan fingerprint density at radius 1 is 1.00 bits per heavy atom. The van der Waals surface area contributed by atoms with Crippen LogP contribution >= 0.6 is 0 Å². The fourth-order valence-corrected chi connectivity index (χ4v) is 8.38. The second-order valence-electron chi connectivity index (χ2n) is 11.8. The van der Waals surface area contributed by atoms with Gasteiger partial charge in [0.2, 0.25) is 0 Å². The van der Waals surface area contributed by atoms with E-state index in [1.54, 1.807) is 4.90 Å². The number of allylic oxidation sites excluding steroid dienone is 3. The molecule has 4 rings (SSSR count). The summed E-state index contributed by atoms with van der Waals surface area (Å²) in [6.45, 7) is 9.87. The first-order valence-electron chi connectivity index (χ1n) is 12.1. The quantitative estimate of drug-likeness (QED) is 0.588. The van der Waals surface area contributed by atoms with E-state index in [1.807, 2.05) is 0 Å². The topological polar surface area (TPSA) is 77.8 Å². The minimum atomic E-state index is -0.881. The molecule has 0 bridgehead atoms. The Bertz CT molecular complexity index is 827. The lowest BCUT2D eigenvalue weighted by atomic mass is 9.39.